The quantitative estimate of drug-likeness (QED) is 0.150. The molecule has 8 bridgehead atoms. The molecule has 6 N–H and O–H groups in total. The van der Waals surface area contributed by atoms with Crippen LogP contribution in [0.1, 0.15) is 141 Å². The maximum Gasteiger partial charge on any atom is 0.251 e. The molecule has 3 aromatic carbocycles. The Labute approximate surface area is 403 Å². The van der Waals surface area contributed by atoms with Crippen LogP contribution in [0.3, 0.4) is 0 Å². The third-order valence-electron chi connectivity index (χ3n) is 12.4. The van der Waals surface area contributed by atoms with Crippen molar-refractivity contribution >= 4 is 35.4 Å². The van der Waals surface area contributed by atoms with Gasteiger partial charge in [-0.2, -0.15) is 0 Å². The number of carbonyl (C=O) groups is 6. The van der Waals surface area contributed by atoms with Gasteiger partial charge in [-0.05, 0) is 80.3 Å². The molecule has 0 spiro atoms. The van der Waals surface area contributed by atoms with E-state index >= 15 is 0 Å². The molecule has 0 atom stereocenters. The average molecular weight is 944 g/mol. The zero-order chi connectivity index (χ0) is 48.3. The highest BCUT2D eigenvalue weighted by Crippen LogP contribution is 2.17. The lowest BCUT2D eigenvalue weighted by atomic mass is 10.1. The van der Waals surface area contributed by atoms with Gasteiger partial charge in [0.25, 0.3) is 35.4 Å². The Hall–Kier alpha value is -5.71. The molecule has 0 unspecified atom stereocenters. The standard InChI is InChI=1S/C36H42N8O6.C16H36N.FH/c45-31-25-4-1-5-26(22-25)32(46)38-11-17-44-19-13-40-34(48)28-7-2-6-27(23-28)33(47)39-12-18-43(16-10-37-31)20-14-41-35(49)29-8-3-9-30(24-29)36(50)42-15-21-44;1-5-9-13-17(14-10-6-2,15-11-7-3)16-12-8-4;/h1-9,22-24H,10-21H2,(H,37,45)(H,38,46)(H,39,47)(H,40,48)(H,41,49)(H,42,50);5-16H2,1-4H3;1H/q;+1;/p-1. The third kappa shape index (κ3) is 19.5. The minimum Gasteiger partial charge on any atom is -1.00 e. The normalized spacial score (nSPS) is 18.2. The fraction of sp³-hybridized carbons (Fsp3) is 0.538. The summed E-state index contributed by atoms with van der Waals surface area (Å²) in [5.74, 6) is -2.00. The Morgan fingerprint density at radius 3 is 0.735 bits per heavy atom. The molecule has 3 aliphatic rings. The lowest BCUT2D eigenvalue weighted by Gasteiger charge is -2.39. The third-order valence-corrected chi connectivity index (χ3v) is 12.4. The fourth-order valence-corrected chi connectivity index (χ4v) is 8.30. The second kappa shape index (κ2) is 31.4. The minimum absolute atomic E-state index is 0. The number of halogens is 1. The summed E-state index contributed by atoms with van der Waals surface area (Å²) in [6.07, 6.45) is 11.1. The molecule has 3 aliphatic heterocycles. The molecule has 3 heterocycles. The Bertz CT molecular complexity index is 1700. The summed E-state index contributed by atoms with van der Waals surface area (Å²) in [7, 11) is 0. The largest absolute Gasteiger partial charge is 1.00 e. The van der Waals surface area contributed by atoms with Gasteiger partial charge in [0.15, 0.2) is 0 Å². The van der Waals surface area contributed by atoms with Crippen molar-refractivity contribution in [3.63, 3.8) is 0 Å². The van der Waals surface area contributed by atoms with Gasteiger partial charge in [0.2, 0.25) is 0 Å². The number of quaternary nitrogens is 1. The molecule has 0 fully saturated rings. The molecule has 0 aromatic heterocycles. The van der Waals surface area contributed by atoms with E-state index in [-0.39, 0.29) is 79.4 Å². The second-order valence-corrected chi connectivity index (χ2v) is 17.6. The Kier molecular flexibility index (Phi) is 26.1. The number of hydrogen-bond acceptors (Lipinski definition) is 8. The summed E-state index contributed by atoms with van der Waals surface area (Å²) in [5.41, 5.74) is 2.03. The number of nitrogens with one attached hydrogen (secondary N) is 6. The average Bonchev–Trinajstić information content (AvgIpc) is 3.35. The first-order valence-electron chi connectivity index (χ1n) is 24.8. The first-order chi connectivity index (χ1) is 32.5. The summed E-state index contributed by atoms with van der Waals surface area (Å²) >= 11 is 0. The van der Waals surface area contributed by atoms with Crippen molar-refractivity contribution in [2.75, 3.05) is 105 Å². The number of benzene rings is 3. The number of nitrogens with zero attached hydrogens (tertiary/aromatic N) is 3. The first-order valence-corrected chi connectivity index (χ1v) is 24.8. The lowest BCUT2D eigenvalue weighted by Crippen LogP contribution is -3.00. The van der Waals surface area contributed by atoms with Crippen molar-refractivity contribution in [2.45, 2.75) is 79.1 Å². The van der Waals surface area contributed by atoms with E-state index in [0.717, 1.165) is 0 Å². The number of fused-ring (bicyclic) bond motifs is 18. The number of unbranched alkanes of at least 4 members (excludes halogenated alkanes) is 4. The summed E-state index contributed by atoms with van der Waals surface area (Å²) in [5, 5.41) is 17.4. The molecule has 16 heteroatoms. The smallest absolute Gasteiger partial charge is 0.251 e. The molecular formula is C52H78FN9O6. The van der Waals surface area contributed by atoms with Crippen molar-refractivity contribution in [3.05, 3.63) is 106 Å². The molecule has 68 heavy (non-hydrogen) atoms. The van der Waals surface area contributed by atoms with Crippen molar-refractivity contribution < 1.29 is 38.0 Å². The highest BCUT2D eigenvalue weighted by molar-refractivity contribution is 6.01. The molecule has 15 nitrogen and oxygen atoms in total. The summed E-state index contributed by atoms with van der Waals surface area (Å²) in [6.45, 7) is 19.0. The van der Waals surface area contributed by atoms with E-state index in [2.05, 4.69) is 59.6 Å². The van der Waals surface area contributed by atoms with Crippen LogP contribution in [0, 0.1) is 0 Å². The van der Waals surface area contributed by atoms with Gasteiger partial charge in [0.05, 0.1) is 26.2 Å². The molecule has 0 radical (unpaired) electrons. The number of amides is 6. The zero-order valence-corrected chi connectivity index (χ0v) is 41.1. The summed E-state index contributed by atoms with van der Waals surface area (Å²) in [6, 6.07) is 19.4. The highest BCUT2D eigenvalue weighted by atomic mass is 19.0. The van der Waals surface area contributed by atoms with Crippen LogP contribution in [0.4, 0.5) is 0 Å². The topological polar surface area (TPSA) is 181 Å². The van der Waals surface area contributed by atoms with Crippen molar-refractivity contribution in [1.29, 1.82) is 0 Å². The van der Waals surface area contributed by atoms with Crippen molar-refractivity contribution in [1.82, 2.24) is 41.7 Å². The van der Waals surface area contributed by atoms with Gasteiger partial charge in [-0.3, -0.25) is 38.6 Å². The molecule has 3 aromatic rings. The van der Waals surface area contributed by atoms with Gasteiger partial charge in [-0.1, -0.05) is 71.6 Å². The Balaban J connectivity index is 0.000000580. The van der Waals surface area contributed by atoms with Gasteiger partial charge in [0, 0.05) is 112 Å². The maximum absolute atomic E-state index is 13.0. The zero-order valence-electron chi connectivity index (χ0n) is 41.1. The number of carbonyl (C=O) groups excluding carboxylic acids is 6. The monoisotopic (exact) mass is 944 g/mol. The lowest BCUT2D eigenvalue weighted by molar-refractivity contribution is -0.929. The van der Waals surface area contributed by atoms with Crippen LogP contribution in [0.15, 0.2) is 72.8 Å². The molecular weight excluding hydrogens is 866 g/mol. The van der Waals surface area contributed by atoms with Crippen LogP contribution in [0.25, 0.3) is 0 Å². The van der Waals surface area contributed by atoms with Gasteiger partial charge < -0.3 is 41.1 Å². The molecule has 0 saturated heterocycles. The SMILES string of the molecule is CCCC[N+](CCCC)(CCCC)CCCC.O=C1NCCN2CCNC(=O)c3cccc(c3)C(=O)NCCN(CCNC(=O)c3cccc1c3)CCNC(=O)c1cccc(c1)C(=O)NCC2.[F-]. The molecule has 0 saturated carbocycles. The van der Waals surface area contributed by atoms with Gasteiger partial charge in [0.1, 0.15) is 0 Å². The Morgan fingerprint density at radius 1 is 0.368 bits per heavy atom. The number of rotatable bonds is 12. The van der Waals surface area contributed by atoms with E-state index in [1.165, 1.54) is 100 Å². The van der Waals surface area contributed by atoms with Crippen LogP contribution >= 0.6 is 0 Å². The first kappa shape index (κ1) is 56.6. The summed E-state index contributed by atoms with van der Waals surface area (Å²) in [4.78, 5) is 82.2. The predicted molar refractivity (Wildman–Crippen MR) is 266 cm³/mol. The van der Waals surface area contributed by atoms with Gasteiger partial charge >= 0.3 is 0 Å². The molecule has 6 amide bonds. The molecule has 6 rings (SSSR count). The van der Waals surface area contributed by atoms with E-state index in [4.69, 9.17) is 0 Å². The van der Waals surface area contributed by atoms with Crippen LogP contribution < -0.4 is 36.6 Å². The van der Waals surface area contributed by atoms with Crippen LogP contribution in [0.5, 0.6) is 0 Å². The highest BCUT2D eigenvalue weighted by Gasteiger charge is 2.25. The van der Waals surface area contributed by atoms with Crippen molar-refractivity contribution in [2.24, 2.45) is 0 Å². The van der Waals surface area contributed by atoms with Gasteiger partial charge in [-0.25, -0.2) is 0 Å². The van der Waals surface area contributed by atoms with Crippen molar-refractivity contribution in [3.8, 4) is 0 Å². The molecule has 374 valence electrons. The van der Waals surface area contributed by atoms with Gasteiger partial charge in [-0.15, -0.1) is 0 Å². The molecule has 0 aliphatic carbocycles. The number of hydrogen-bond donors (Lipinski definition) is 6. The van der Waals surface area contributed by atoms with E-state index in [1.54, 1.807) is 54.6 Å². The van der Waals surface area contributed by atoms with E-state index in [0.29, 0.717) is 72.6 Å². The van der Waals surface area contributed by atoms with Crippen LogP contribution in [-0.4, -0.2) is 154 Å². The second-order valence-electron chi connectivity index (χ2n) is 17.6. The van der Waals surface area contributed by atoms with Crippen LogP contribution in [-0.2, 0) is 0 Å². The minimum atomic E-state index is -0.333. The van der Waals surface area contributed by atoms with E-state index in [9.17, 15) is 28.8 Å². The summed E-state index contributed by atoms with van der Waals surface area (Å²) < 4.78 is 1.42. The maximum atomic E-state index is 13.0. The fourth-order valence-electron chi connectivity index (χ4n) is 8.30. The van der Waals surface area contributed by atoms with Crippen LogP contribution in [0.2, 0.25) is 0 Å². The van der Waals surface area contributed by atoms with E-state index < -0.39 is 0 Å². The Morgan fingerprint density at radius 2 is 0.559 bits per heavy atom. The van der Waals surface area contributed by atoms with E-state index in [1.807, 2.05) is 9.80 Å². The predicted octanol–water partition coefficient (Wildman–Crippen LogP) is 2.10.